The summed E-state index contributed by atoms with van der Waals surface area (Å²) in [4.78, 5) is 4.56. The van der Waals surface area contributed by atoms with Crippen molar-refractivity contribution < 1.29 is 9.47 Å². The van der Waals surface area contributed by atoms with E-state index in [1.807, 2.05) is 0 Å². The summed E-state index contributed by atoms with van der Waals surface area (Å²) in [6.07, 6.45) is 5.84. The molecular formula is C12H22N2O2. The van der Waals surface area contributed by atoms with Crippen molar-refractivity contribution in [1.82, 2.24) is 5.32 Å². The van der Waals surface area contributed by atoms with Gasteiger partial charge in [0.2, 0.25) is 0 Å². The van der Waals surface area contributed by atoms with Gasteiger partial charge < -0.3 is 14.8 Å². The Morgan fingerprint density at radius 2 is 2.38 bits per heavy atom. The molecule has 4 nitrogen and oxygen atoms in total. The molecule has 1 N–H and O–H groups in total. The van der Waals surface area contributed by atoms with Crippen LogP contribution >= 0.6 is 0 Å². The van der Waals surface area contributed by atoms with E-state index in [9.17, 15) is 0 Å². The maximum absolute atomic E-state index is 5.58. The Kier molecular flexibility index (Phi) is 4.18. The molecule has 0 aromatic carbocycles. The molecule has 2 rings (SSSR count). The van der Waals surface area contributed by atoms with Crippen LogP contribution in [-0.4, -0.2) is 44.8 Å². The minimum Gasteiger partial charge on any atom is -0.378 e. The number of amidine groups is 1. The molecule has 16 heavy (non-hydrogen) atoms. The SMILES string of the molecule is COC1(CNC2=NCCCCC2)CCOC1. The summed E-state index contributed by atoms with van der Waals surface area (Å²) in [5.74, 6) is 1.15. The highest BCUT2D eigenvalue weighted by atomic mass is 16.5. The van der Waals surface area contributed by atoms with Gasteiger partial charge in [-0.3, -0.25) is 4.99 Å². The third-order valence-electron chi connectivity index (χ3n) is 3.49. The van der Waals surface area contributed by atoms with Crippen LogP contribution in [0, 0.1) is 0 Å². The maximum atomic E-state index is 5.58. The first kappa shape index (κ1) is 11.9. The predicted molar refractivity (Wildman–Crippen MR) is 63.9 cm³/mol. The second-order valence-corrected chi connectivity index (χ2v) is 4.68. The molecule has 0 amide bonds. The molecule has 0 aromatic heterocycles. The van der Waals surface area contributed by atoms with Gasteiger partial charge in [-0.15, -0.1) is 0 Å². The van der Waals surface area contributed by atoms with Crippen molar-refractivity contribution in [2.45, 2.75) is 37.7 Å². The Labute approximate surface area is 97.4 Å². The van der Waals surface area contributed by atoms with Crippen molar-refractivity contribution in [1.29, 1.82) is 0 Å². The highest BCUT2D eigenvalue weighted by Crippen LogP contribution is 2.21. The van der Waals surface area contributed by atoms with Crippen LogP contribution in [0.25, 0.3) is 0 Å². The van der Waals surface area contributed by atoms with Crippen molar-refractivity contribution in [3.63, 3.8) is 0 Å². The molecule has 0 bridgehead atoms. The lowest BCUT2D eigenvalue weighted by Gasteiger charge is -2.26. The number of hydrogen-bond acceptors (Lipinski definition) is 4. The molecule has 0 saturated carbocycles. The first-order valence-electron chi connectivity index (χ1n) is 6.25. The van der Waals surface area contributed by atoms with Gasteiger partial charge in [0, 0.05) is 39.6 Å². The number of nitrogens with zero attached hydrogens (tertiary/aromatic N) is 1. The first-order chi connectivity index (χ1) is 7.85. The van der Waals surface area contributed by atoms with Crippen molar-refractivity contribution in [2.24, 2.45) is 4.99 Å². The quantitative estimate of drug-likeness (QED) is 0.790. The highest BCUT2D eigenvalue weighted by molar-refractivity contribution is 5.82. The fourth-order valence-corrected chi connectivity index (χ4v) is 2.24. The molecular weight excluding hydrogens is 204 g/mol. The van der Waals surface area contributed by atoms with E-state index in [1.165, 1.54) is 19.3 Å². The average Bonchev–Trinajstić information content (AvgIpc) is 2.63. The fourth-order valence-electron chi connectivity index (χ4n) is 2.24. The normalized spacial score (nSPS) is 30.9. The van der Waals surface area contributed by atoms with E-state index in [4.69, 9.17) is 9.47 Å². The minimum absolute atomic E-state index is 0.130. The topological polar surface area (TPSA) is 42.8 Å². The molecule has 2 aliphatic rings. The number of ether oxygens (including phenoxy) is 2. The van der Waals surface area contributed by atoms with E-state index in [2.05, 4.69) is 10.3 Å². The molecule has 1 unspecified atom stereocenters. The van der Waals surface area contributed by atoms with Crippen LogP contribution in [0.15, 0.2) is 4.99 Å². The lowest BCUT2D eigenvalue weighted by atomic mass is 10.0. The summed E-state index contributed by atoms with van der Waals surface area (Å²) in [5, 5.41) is 3.44. The predicted octanol–water partition coefficient (Wildman–Crippen LogP) is 1.35. The number of rotatable bonds is 3. The summed E-state index contributed by atoms with van der Waals surface area (Å²) in [6, 6.07) is 0. The van der Waals surface area contributed by atoms with Gasteiger partial charge in [-0.2, -0.15) is 0 Å². The van der Waals surface area contributed by atoms with Gasteiger partial charge in [0.05, 0.1) is 12.4 Å². The summed E-state index contributed by atoms with van der Waals surface area (Å²) < 4.78 is 11.0. The van der Waals surface area contributed by atoms with E-state index in [0.717, 1.165) is 38.4 Å². The second-order valence-electron chi connectivity index (χ2n) is 4.68. The lowest BCUT2D eigenvalue weighted by molar-refractivity contribution is -0.0127. The number of aliphatic imine (C=N–C) groups is 1. The van der Waals surface area contributed by atoms with E-state index in [1.54, 1.807) is 7.11 Å². The Morgan fingerprint density at radius 3 is 3.12 bits per heavy atom. The molecule has 0 spiro atoms. The molecule has 92 valence electrons. The van der Waals surface area contributed by atoms with Gasteiger partial charge >= 0.3 is 0 Å². The molecule has 2 heterocycles. The van der Waals surface area contributed by atoms with Crippen molar-refractivity contribution in [2.75, 3.05) is 33.4 Å². The van der Waals surface area contributed by atoms with Gasteiger partial charge in [-0.05, 0) is 12.8 Å². The molecule has 0 aliphatic carbocycles. The number of methoxy groups -OCH3 is 1. The van der Waals surface area contributed by atoms with Gasteiger partial charge in [0.1, 0.15) is 5.60 Å². The van der Waals surface area contributed by atoms with Crippen LogP contribution in [0.5, 0.6) is 0 Å². The van der Waals surface area contributed by atoms with Crippen molar-refractivity contribution >= 4 is 5.84 Å². The van der Waals surface area contributed by atoms with Crippen molar-refractivity contribution in [3.05, 3.63) is 0 Å². The maximum Gasteiger partial charge on any atom is 0.110 e. The first-order valence-corrected chi connectivity index (χ1v) is 6.25. The van der Waals surface area contributed by atoms with Crippen LogP contribution in [0.2, 0.25) is 0 Å². The van der Waals surface area contributed by atoms with Gasteiger partial charge in [-0.1, -0.05) is 6.42 Å². The van der Waals surface area contributed by atoms with Crippen LogP contribution in [0.3, 0.4) is 0 Å². The van der Waals surface area contributed by atoms with Crippen LogP contribution in [0.4, 0.5) is 0 Å². The molecule has 1 saturated heterocycles. The second kappa shape index (κ2) is 5.64. The summed E-state index contributed by atoms with van der Waals surface area (Å²) in [7, 11) is 1.77. The summed E-state index contributed by atoms with van der Waals surface area (Å²) in [6.45, 7) is 3.30. The van der Waals surface area contributed by atoms with E-state index >= 15 is 0 Å². The zero-order chi connectivity index (χ0) is 11.3. The van der Waals surface area contributed by atoms with E-state index in [0.29, 0.717) is 6.61 Å². The van der Waals surface area contributed by atoms with E-state index in [-0.39, 0.29) is 5.60 Å². The number of hydrogen-bond donors (Lipinski definition) is 1. The number of nitrogens with one attached hydrogen (secondary N) is 1. The Hall–Kier alpha value is -0.610. The molecule has 0 radical (unpaired) electrons. The third-order valence-corrected chi connectivity index (χ3v) is 3.49. The van der Waals surface area contributed by atoms with Gasteiger partial charge in [0.25, 0.3) is 0 Å². The third kappa shape index (κ3) is 2.95. The summed E-state index contributed by atoms with van der Waals surface area (Å²) >= 11 is 0. The van der Waals surface area contributed by atoms with Crippen LogP contribution < -0.4 is 5.32 Å². The highest BCUT2D eigenvalue weighted by Gasteiger charge is 2.34. The smallest absolute Gasteiger partial charge is 0.110 e. The van der Waals surface area contributed by atoms with Crippen molar-refractivity contribution in [3.8, 4) is 0 Å². The van der Waals surface area contributed by atoms with Gasteiger partial charge in [0.15, 0.2) is 0 Å². The summed E-state index contributed by atoms with van der Waals surface area (Å²) in [5.41, 5.74) is -0.130. The monoisotopic (exact) mass is 226 g/mol. The Bertz CT molecular complexity index is 247. The Balaban J connectivity index is 1.82. The zero-order valence-corrected chi connectivity index (χ0v) is 10.1. The Morgan fingerprint density at radius 1 is 1.44 bits per heavy atom. The van der Waals surface area contributed by atoms with Crippen LogP contribution in [0.1, 0.15) is 32.1 Å². The molecule has 4 heteroatoms. The van der Waals surface area contributed by atoms with E-state index < -0.39 is 0 Å². The fraction of sp³-hybridized carbons (Fsp3) is 0.917. The average molecular weight is 226 g/mol. The zero-order valence-electron chi connectivity index (χ0n) is 10.1. The molecule has 2 aliphatic heterocycles. The molecule has 1 fully saturated rings. The largest absolute Gasteiger partial charge is 0.378 e. The van der Waals surface area contributed by atoms with Gasteiger partial charge in [-0.25, -0.2) is 0 Å². The van der Waals surface area contributed by atoms with Crippen LogP contribution in [-0.2, 0) is 9.47 Å². The minimum atomic E-state index is -0.130. The lowest BCUT2D eigenvalue weighted by Crippen LogP contribution is -2.45. The molecule has 0 aromatic rings. The standard InChI is InChI=1S/C12H22N2O2/c1-15-12(6-8-16-10-12)9-14-11-5-3-2-4-7-13-11/h2-10H2,1H3,(H,13,14). The molecule has 1 atom stereocenters.